The molecule has 0 atom stereocenters. The highest BCUT2D eigenvalue weighted by atomic mass is 35.5. The predicted molar refractivity (Wildman–Crippen MR) is 72.8 cm³/mol. The number of benzene rings is 2. The molecule has 0 bridgehead atoms. The summed E-state index contributed by atoms with van der Waals surface area (Å²) < 4.78 is 19.5. The summed E-state index contributed by atoms with van der Waals surface area (Å²) in [6, 6.07) is 10.9. The zero-order chi connectivity index (χ0) is 13.8. The average Bonchev–Trinajstić information content (AvgIpc) is 2.43. The van der Waals surface area contributed by atoms with E-state index in [1.165, 1.54) is 6.07 Å². The molecule has 0 aliphatic carbocycles. The molecule has 0 amide bonds. The normalized spacial score (nSPS) is 10.5. The summed E-state index contributed by atoms with van der Waals surface area (Å²) in [5, 5.41) is 9.44. The topological polar surface area (TPSA) is 29.5 Å². The third-order valence-electron chi connectivity index (χ3n) is 2.94. The molecule has 0 saturated heterocycles. The molecule has 2 aromatic rings. The van der Waals surface area contributed by atoms with Crippen molar-refractivity contribution in [2.24, 2.45) is 0 Å². The fourth-order valence-electron chi connectivity index (χ4n) is 1.80. The Hall–Kier alpha value is -1.58. The molecule has 0 saturated carbocycles. The van der Waals surface area contributed by atoms with E-state index in [-0.39, 0.29) is 19.0 Å². The van der Waals surface area contributed by atoms with Gasteiger partial charge >= 0.3 is 0 Å². The second kappa shape index (κ2) is 6.04. The van der Waals surface area contributed by atoms with Crippen LogP contribution in [0.25, 0.3) is 0 Å². The maximum atomic E-state index is 14.0. The van der Waals surface area contributed by atoms with Crippen LogP contribution in [0.4, 0.5) is 4.39 Å². The van der Waals surface area contributed by atoms with Crippen LogP contribution in [0.2, 0.25) is 5.02 Å². The molecule has 19 heavy (non-hydrogen) atoms. The van der Waals surface area contributed by atoms with Gasteiger partial charge in [0.2, 0.25) is 0 Å². The lowest BCUT2D eigenvalue weighted by molar-refractivity contribution is 0.275. The maximum absolute atomic E-state index is 14.0. The standard InChI is InChI=1S/C15H14ClFO2/c1-10-12(8-18)13(16)7-14(15(10)17)19-9-11-5-3-2-4-6-11/h2-7,18H,8-9H2,1H3. The first-order valence-corrected chi connectivity index (χ1v) is 6.26. The van der Waals surface area contributed by atoms with Crippen molar-refractivity contribution in [3.05, 3.63) is 63.9 Å². The van der Waals surface area contributed by atoms with Crippen LogP contribution in [0, 0.1) is 12.7 Å². The van der Waals surface area contributed by atoms with Crippen molar-refractivity contribution in [1.82, 2.24) is 0 Å². The first-order valence-electron chi connectivity index (χ1n) is 5.88. The van der Waals surface area contributed by atoms with Crippen LogP contribution in [0.1, 0.15) is 16.7 Å². The van der Waals surface area contributed by atoms with E-state index in [4.69, 9.17) is 21.4 Å². The Balaban J connectivity index is 2.22. The van der Waals surface area contributed by atoms with Crippen molar-refractivity contribution in [2.75, 3.05) is 0 Å². The zero-order valence-electron chi connectivity index (χ0n) is 10.5. The van der Waals surface area contributed by atoms with E-state index in [0.29, 0.717) is 16.1 Å². The van der Waals surface area contributed by atoms with Gasteiger partial charge in [-0.05, 0) is 18.1 Å². The molecule has 0 spiro atoms. The van der Waals surface area contributed by atoms with Gasteiger partial charge in [0, 0.05) is 11.6 Å². The quantitative estimate of drug-likeness (QED) is 0.921. The highest BCUT2D eigenvalue weighted by Gasteiger charge is 2.14. The van der Waals surface area contributed by atoms with Crippen LogP contribution < -0.4 is 4.74 Å². The predicted octanol–water partition coefficient (Wildman–Crippen LogP) is 3.86. The van der Waals surface area contributed by atoms with Gasteiger partial charge in [-0.1, -0.05) is 41.9 Å². The van der Waals surface area contributed by atoms with Gasteiger partial charge in [0.05, 0.1) is 11.6 Å². The van der Waals surface area contributed by atoms with E-state index in [0.717, 1.165) is 5.56 Å². The minimum absolute atomic E-state index is 0.101. The minimum Gasteiger partial charge on any atom is -0.486 e. The summed E-state index contributed by atoms with van der Waals surface area (Å²) in [5.74, 6) is -0.382. The molecule has 0 heterocycles. The van der Waals surface area contributed by atoms with Gasteiger partial charge in [-0.2, -0.15) is 0 Å². The number of rotatable bonds is 4. The summed E-state index contributed by atoms with van der Waals surface area (Å²) in [4.78, 5) is 0. The highest BCUT2D eigenvalue weighted by Crippen LogP contribution is 2.30. The van der Waals surface area contributed by atoms with Gasteiger partial charge in [-0.25, -0.2) is 4.39 Å². The Morgan fingerprint density at radius 3 is 2.58 bits per heavy atom. The van der Waals surface area contributed by atoms with Crippen LogP contribution >= 0.6 is 11.6 Å². The lowest BCUT2D eigenvalue weighted by Crippen LogP contribution is -2.01. The zero-order valence-corrected chi connectivity index (χ0v) is 11.2. The van der Waals surface area contributed by atoms with Crippen molar-refractivity contribution in [1.29, 1.82) is 0 Å². The minimum atomic E-state index is -0.482. The van der Waals surface area contributed by atoms with E-state index in [2.05, 4.69) is 0 Å². The molecule has 0 radical (unpaired) electrons. The fourth-order valence-corrected chi connectivity index (χ4v) is 2.10. The van der Waals surface area contributed by atoms with Gasteiger partial charge in [-0.15, -0.1) is 0 Å². The second-order valence-corrected chi connectivity index (χ2v) is 4.61. The van der Waals surface area contributed by atoms with E-state index in [1.54, 1.807) is 6.92 Å². The summed E-state index contributed by atoms with van der Waals surface area (Å²) in [6.45, 7) is 1.55. The molecule has 2 aromatic carbocycles. The molecule has 4 heteroatoms. The molecule has 0 unspecified atom stereocenters. The highest BCUT2D eigenvalue weighted by molar-refractivity contribution is 6.31. The Morgan fingerprint density at radius 2 is 1.95 bits per heavy atom. The van der Waals surface area contributed by atoms with Crippen LogP contribution in [0.3, 0.4) is 0 Å². The Labute approximate surface area is 116 Å². The summed E-state index contributed by atoms with van der Waals surface area (Å²) in [6.07, 6.45) is 0. The van der Waals surface area contributed by atoms with Crippen LogP contribution in [0.15, 0.2) is 36.4 Å². The third-order valence-corrected chi connectivity index (χ3v) is 3.28. The van der Waals surface area contributed by atoms with Gasteiger partial charge in [0.25, 0.3) is 0 Å². The smallest absolute Gasteiger partial charge is 0.168 e. The number of hydrogen-bond donors (Lipinski definition) is 1. The number of halogens is 2. The van der Waals surface area contributed by atoms with Gasteiger partial charge in [0.15, 0.2) is 11.6 Å². The molecule has 0 aliphatic rings. The first-order chi connectivity index (χ1) is 9.13. The lowest BCUT2D eigenvalue weighted by Gasteiger charge is -2.13. The molecule has 0 aliphatic heterocycles. The largest absolute Gasteiger partial charge is 0.486 e. The van der Waals surface area contributed by atoms with E-state index in [1.807, 2.05) is 30.3 Å². The van der Waals surface area contributed by atoms with Gasteiger partial charge in [0.1, 0.15) is 6.61 Å². The molecular formula is C15H14ClFO2. The third kappa shape index (κ3) is 3.06. The number of aliphatic hydroxyl groups excluding tert-OH is 1. The molecule has 100 valence electrons. The molecular weight excluding hydrogens is 267 g/mol. The van der Waals surface area contributed by atoms with Crippen LogP contribution in [-0.4, -0.2) is 5.11 Å². The Bertz CT molecular complexity index is 570. The van der Waals surface area contributed by atoms with Crippen molar-refractivity contribution in [3.63, 3.8) is 0 Å². The van der Waals surface area contributed by atoms with E-state index in [9.17, 15) is 4.39 Å². The lowest BCUT2D eigenvalue weighted by atomic mass is 10.1. The first kappa shape index (κ1) is 13.8. The summed E-state index contributed by atoms with van der Waals surface area (Å²) in [5.41, 5.74) is 1.66. The Kier molecular flexibility index (Phi) is 4.40. The molecule has 0 fully saturated rings. The monoisotopic (exact) mass is 280 g/mol. The van der Waals surface area contributed by atoms with E-state index < -0.39 is 5.82 Å². The van der Waals surface area contributed by atoms with Crippen molar-refractivity contribution in [3.8, 4) is 5.75 Å². The van der Waals surface area contributed by atoms with Gasteiger partial charge < -0.3 is 9.84 Å². The summed E-state index contributed by atoms with van der Waals surface area (Å²) in [7, 11) is 0. The second-order valence-electron chi connectivity index (χ2n) is 4.21. The average molecular weight is 281 g/mol. The SMILES string of the molecule is Cc1c(F)c(OCc2ccccc2)cc(Cl)c1CO. The summed E-state index contributed by atoms with van der Waals surface area (Å²) >= 11 is 5.98. The van der Waals surface area contributed by atoms with Crippen LogP contribution in [0.5, 0.6) is 5.75 Å². The number of ether oxygens (including phenoxy) is 1. The van der Waals surface area contributed by atoms with Gasteiger partial charge in [-0.3, -0.25) is 0 Å². The van der Waals surface area contributed by atoms with Crippen molar-refractivity contribution < 1.29 is 14.2 Å². The van der Waals surface area contributed by atoms with Crippen molar-refractivity contribution in [2.45, 2.75) is 20.1 Å². The number of hydrogen-bond acceptors (Lipinski definition) is 2. The van der Waals surface area contributed by atoms with E-state index >= 15 is 0 Å². The molecule has 2 rings (SSSR count). The number of aliphatic hydroxyl groups is 1. The molecule has 2 nitrogen and oxygen atoms in total. The molecule has 0 aromatic heterocycles. The maximum Gasteiger partial charge on any atom is 0.168 e. The van der Waals surface area contributed by atoms with Crippen molar-refractivity contribution >= 4 is 11.6 Å². The fraction of sp³-hybridized carbons (Fsp3) is 0.200. The Morgan fingerprint density at radius 1 is 1.26 bits per heavy atom. The molecule has 1 N–H and O–H groups in total. The van der Waals surface area contributed by atoms with Crippen LogP contribution in [-0.2, 0) is 13.2 Å².